The van der Waals surface area contributed by atoms with E-state index in [1.165, 1.54) is 31.7 Å². The zero-order valence-electron chi connectivity index (χ0n) is 10.3. The molecule has 100 valence electrons. The lowest BCUT2D eigenvalue weighted by Gasteiger charge is -2.07. The molecule has 0 bridgehead atoms. The van der Waals surface area contributed by atoms with E-state index < -0.39 is 5.82 Å². The molecule has 1 aromatic heterocycles. The molecule has 2 aromatic rings. The van der Waals surface area contributed by atoms with E-state index in [-0.39, 0.29) is 5.02 Å². The lowest BCUT2D eigenvalue weighted by Crippen LogP contribution is -2.00. The molecule has 1 heterocycles. The van der Waals surface area contributed by atoms with Crippen molar-refractivity contribution < 1.29 is 4.39 Å². The molecule has 1 N–H and O–H groups in total. The van der Waals surface area contributed by atoms with Crippen molar-refractivity contribution in [3.63, 3.8) is 0 Å². The zero-order chi connectivity index (χ0) is 13.4. The Balaban J connectivity index is 2.00. The van der Waals surface area contributed by atoms with E-state index in [2.05, 4.69) is 5.10 Å². The lowest BCUT2D eigenvalue weighted by atomic mass is 10.1. The van der Waals surface area contributed by atoms with E-state index in [1.807, 2.05) is 6.07 Å². The van der Waals surface area contributed by atoms with Crippen molar-refractivity contribution in [1.29, 1.82) is 0 Å². The summed E-state index contributed by atoms with van der Waals surface area (Å²) in [6.07, 6.45) is 4.94. The van der Waals surface area contributed by atoms with E-state index >= 15 is 0 Å². The van der Waals surface area contributed by atoms with Gasteiger partial charge in [-0.3, -0.25) is 5.10 Å². The summed E-state index contributed by atoms with van der Waals surface area (Å²) < 4.78 is 15.9. The minimum Gasteiger partial charge on any atom is -0.297 e. The topological polar surface area (TPSA) is 20.7 Å². The minimum absolute atomic E-state index is 0.123. The fourth-order valence-electron chi connectivity index (χ4n) is 2.68. The fraction of sp³-hybridized carbons (Fsp3) is 0.357. The van der Waals surface area contributed by atoms with Crippen LogP contribution in [0, 0.1) is 10.5 Å². The molecule has 19 heavy (non-hydrogen) atoms. The average molecular weight is 297 g/mol. The monoisotopic (exact) mass is 296 g/mol. The van der Waals surface area contributed by atoms with Gasteiger partial charge < -0.3 is 0 Å². The molecule has 1 aromatic carbocycles. The van der Waals surface area contributed by atoms with Crippen LogP contribution in [0.3, 0.4) is 0 Å². The van der Waals surface area contributed by atoms with Crippen LogP contribution in [0.4, 0.5) is 4.39 Å². The third kappa shape index (κ3) is 2.47. The molecule has 1 aliphatic carbocycles. The number of rotatable bonds is 2. The highest BCUT2D eigenvalue weighted by Gasteiger charge is 2.19. The number of H-pyrrole nitrogens is 1. The predicted molar refractivity (Wildman–Crippen MR) is 77.1 cm³/mol. The van der Waals surface area contributed by atoms with Gasteiger partial charge in [0.2, 0.25) is 0 Å². The maximum Gasteiger partial charge on any atom is 0.143 e. The maximum atomic E-state index is 13.5. The molecule has 0 atom stereocenters. The van der Waals surface area contributed by atoms with Gasteiger partial charge in [0.25, 0.3) is 0 Å². The molecule has 0 amide bonds. The van der Waals surface area contributed by atoms with Gasteiger partial charge in [-0.25, -0.2) is 9.07 Å². The summed E-state index contributed by atoms with van der Waals surface area (Å²) in [5.74, 6) is 0.123. The van der Waals surface area contributed by atoms with E-state index in [0.29, 0.717) is 16.2 Å². The van der Waals surface area contributed by atoms with Crippen LogP contribution in [0.5, 0.6) is 0 Å². The van der Waals surface area contributed by atoms with Crippen molar-refractivity contribution in [1.82, 2.24) is 9.78 Å². The van der Waals surface area contributed by atoms with E-state index in [4.69, 9.17) is 23.8 Å². The smallest absolute Gasteiger partial charge is 0.143 e. The van der Waals surface area contributed by atoms with Crippen LogP contribution < -0.4 is 0 Å². The first-order chi connectivity index (χ1) is 9.15. The number of benzene rings is 1. The van der Waals surface area contributed by atoms with E-state index in [1.54, 1.807) is 16.8 Å². The van der Waals surface area contributed by atoms with Crippen molar-refractivity contribution >= 4 is 23.8 Å². The van der Waals surface area contributed by atoms with Gasteiger partial charge >= 0.3 is 0 Å². The lowest BCUT2D eigenvalue weighted by molar-refractivity contribution is 0.624. The summed E-state index contributed by atoms with van der Waals surface area (Å²) in [5.41, 5.74) is 1.83. The highest BCUT2D eigenvalue weighted by Crippen LogP contribution is 2.33. The number of nitrogens with one attached hydrogen (secondary N) is 1. The Bertz CT molecular complexity index is 656. The van der Waals surface area contributed by atoms with Gasteiger partial charge in [-0.1, -0.05) is 36.7 Å². The van der Waals surface area contributed by atoms with Crippen LogP contribution in [0.2, 0.25) is 5.02 Å². The molecule has 0 spiro atoms. The van der Waals surface area contributed by atoms with Crippen LogP contribution in [0.15, 0.2) is 24.3 Å². The Morgan fingerprint density at radius 2 is 2.00 bits per heavy atom. The van der Waals surface area contributed by atoms with Gasteiger partial charge in [-0.05, 0) is 31.0 Å². The summed E-state index contributed by atoms with van der Waals surface area (Å²) in [5, 5.41) is 3.41. The van der Waals surface area contributed by atoms with Gasteiger partial charge in [-0.2, -0.15) is 0 Å². The highest BCUT2D eigenvalue weighted by molar-refractivity contribution is 7.71. The summed E-state index contributed by atoms with van der Waals surface area (Å²) in [6, 6.07) is 6.69. The Morgan fingerprint density at radius 3 is 2.68 bits per heavy atom. The van der Waals surface area contributed by atoms with Crippen LogP contribution in [0.25, 0.3) is 5.69 Å². The number of hydrogen-bond acceptors (Lipinski definition) is 1. The van der Waals surface area contributed by atoms with Crippen molar-refractivity contribution in [3.05, 3.63) is 45.4 Å². The van der Waals surface area contributed by atoms with Gasteiger partial charge in [0.15, 0.2) is 0 Å². The van der Waals surface area contributed by atoms with Gasteiger partial charge in [0.1, 0.15) is 10.5 Å². The van der Waals surface area contributed by atoms with Crippen molar-refractivity contribution in [3.8, 4) is 5.69 Å². The number of nitrogens with zero attached hydrogens (tertiary/aromatic N) is 1. The third-order valence-electron chi connectivity index (χ3n) is 3.70. The molecule has 0 saturated heterocycles. The quantitative estimate of drug-likeness (QED) is 0.775. The second-order valence-electron chi connectivity index (χ2n) is 4.96. The largest absolute Gasteiger partial charge is 0.297 e. The number of aromatic nitrogens is 2. The Labute approximate surface area is 121 Å². The van der Waals surface area contributed by atoms with Gasteiger partial charge in [0.05, 0.1) is 10.7 Å². The summed E-state index contributed by atoms with van der Waals surface area (Å²) in [7, 11) is 0. The summed E-state index contributed by atoms with van der Waals surface area (Å²) >= 11 is 11.0. The average Bonchev–Trinajstić information content (AvgIpc) is 3.01. The zero-order valence-corrected chi connectivity index (χ0v) is 11.9. The molecule has 1 aliphatic rings. The highest BCUT2D eigenvalue weighted by atomic mass is 35.5. The first-order valence-corrected chi connectivity index (χ1v) is 7.21. The van der Waals surface area contributed by atoms with Crippen LogP contribution in [-0.4, -0.2) is 9.78 Å². The molecule has 5 heteroatoms. The van der Waals surface area contributed by atoms with Crippen molar-refractivity contribution in [2.45, 2.75) is 31.6 Å². The normalized spacial score (nSPS) is 16.1. The van der Waals surface area contributed by atoms with E-state index in [9.17, 15) is 4.39 Å². The first kappa shape index (κ1) is 12.9. The predicted octanol–water partition coefficient (Wildman–Crippen LogP) is 4.98. The summed E-state index contributed by atoms with van der Waals surface area (Å²) in [4.78, 5) is 0. The Hall–Kier alpha value is -1.13. The standard InChI is InChI=1S/C14H14ClFN2S/c15-11-6-5-10(7-12(11)16)18-14(19)8-13(17-18)9-3-1-2-4-9/h5-9,17H,1-4H2. The molecule has 3 rings (SSSR count). The first-order valence-electron chi connectivity index (χ1n) is 6.42. The van der Waals surface area contributed by atoms with E-state index in [0.717, 1.165) is 5.69 Å². The number of aromatic amines is 1. The van der Waals surface area contributed by atoms with Crippen LogP contribution >= 0.6 is 23.8 Å². The molecule has 1 fully saturated rings. The van der Waals surface area contributed by atoms with Crippen LogP contribution in [0.1, 0.15) is 37.3 Å². The van der Waals surface area contributed by atoms with Crippen molar-refractivity contribution in [2.75, 3.05) is 0 Å². The number of hydrogen-bond donors (Lipinski definition) is 1. The fourth-order valence-corrected chi connectivity index (χ4v) is 3.07. The molecule has 0 aliphatic heterocycles. The molecular weight excluding hydrogens is 283 g/mol. The maximum absolute atomic E-state index is 13.5. The molecular formula is C14H14ClFN2S. The number of halogens is 2. The Morgan fingerprint density at radius 1 is 1.26 bits per heavy atom. The Kier molecular flexibility index (Phi) is 3.46. The van der Waals surface area contributed by atoms with Crippen molar-refractivity contribution in [2.24, 2.45) is 0 Å². The molecule has 2 nitrogen and oxygen atoms in total. The molecule has 1 saturated carbocycles. The second kappa shape index (κ2) is 5.10. The van der Waals surface area contributed by atoms with Gasteiger partial charge in [-0.15, -0.1) is 0 Å². The SMILES string of the molecule is Fc1cc(-n2[nH]c(C3CCCC3)cc2=S)ccc1Cl. The van der Waals surface area contributed by atoms with Crippen LogP contribution in [-0.2, 0) is 0 Å². The summed E-state index contributed by atoms with van der Waals surface area (Å²) in [6.45, 7) is 0. The molecule has 0 radical (unpaired) electrons. The second-order valence-corrected chi connectivity index (χ2v) is 5.79. The third-order valence-corrected chi connectivity index (χ3v) is 4.30. The minimum atomic E-state index is -0.432. The molecule has 0 unspecified atom stereocenters. The van der Waals surface area contributed by atoms with Gasteiger partial charge in [0, 0.05) is 17.7 Å².